The maximum absolute atomic E-state index is 11.7. The molecule has 2 aliphatic rings. The van der Waals surface area contributed by atoms with Crippen LogP contribution >= 0.6 is 0 Å². The molecule has 2 aromatic heterocycles. The van der Waals surface area contributed by atoms with Crippen molar-refractivity contribution in [3.8, 4) is 5.75 Å². The maximum Gasteiger partial charge on any atom is 0.330 e. The second-order valence-electron chi connectivity index (χ2n) is 8.31. The lowest BCUT2D eigenvalue weighted by Gasteiger charge is -2.17. The van der Waals surface area contributed by atoms with E-state index in [9.17, 15) is 39.6 Å². The van der Waals surface area contributed by atoms with Crippen LogP contribution in [0.5, 0.6) is 5.75 Å². The number of nitrogens with zero attached hydrogens (tertiary/aromatic N) is 2. The molecule has 8 N–H and O–H groups in total. The van der Waals surface area contributed by atoms with Crippen molar-refractivity contribution in [3.63, 3.8) is 0 Å². The number of hydrogen-bond donors (Lipinski definition) is 8. The van der Waals surface area contributed by atoms with Gasteiger partial charge in [0.1, 0.15) is 42.7 Å². The molecule has 2 aromatic rings. The number of aromatic nitrogens is 4. The Morgan fingerprint density at radius 3 is 1.95 bits per heavy atom. The van der Waals surface area contributed by atoms with Gasteiger partial charge in [0.15, 0.2) is 6.23 Å². The molecule has 2 fully saturated rings. The van der Waals surface area contributed by atoms with Crippen molar-refractivity contribution >= 4 is 0 Å². The van der Waals surface area contributed by atoms with Crippen LogP contribution in [-0.4, -0.2) is 107 Å². The Morgan fingerprint density at radius 1 is 0.838 bits per heavy atom. The van der Waals surface area contributed by atoms with Gasteiger partial charge in [-0.2, -0.15) is 0 Å². The van der Waals surface area contributed by atoms with Gasteiger partial charge in [0.2, 0.25) is 5.75 Å². The van der Waals surface area contributed by atoms with Gasteiger partial charge in [-0.05, 0) is 0 Å². The average molecular weight is 532 g/mol. The van der Waals surface area contributed by atoms with Crippen molar-refractivity contribution in [1.82, 2.24) is 19.1 Å². The fourth-order valence-corrected chi connectivity index (χ4v) is 3.85. The molecular weight excluding hydrogens is 504 g/mol. The third-order valence-corrected chi connectivity index (χ3v) is 5.93. The Bertz CT molecular complexity index is 1320. The molecule has 0 amide bonds. The highest BCUT2D eigenvalue weighted by molar-refractivity contribution is 5.14. The first-order valence-corrected chi connectivity index (χ1v) is 10.9. The van der Waals surface area contributed by atoms with Gasteiger partial charge < -0.3 is 49.4 Å². The number of ether oxygens (including phenoxy) is 3. The molecule has 8 atom stereocenters. The molecule has 0 radical (unpaired) electrons. The number of H-pyrrole nitrogens is 2. The Labute approximate surface area is 206 Å². The predicted molar refractivity (Wildman–Crippen MR) is 120 cm³/mol. The van der Waals surface area contributed by atoms with Crippen LogP contribution < -0.4 is 27.2 Å². The smallest absolute Gasteiger partial charge is 0.330 e. The van der Waals surface area contributed by atoms with Gasteiger partial charge in [0.05, 0.1) is 32.1 Å². The van der Waals surface area contributed by atoms with E-state index in [2.05, 4.69) is 4.98 Å². The number of hydrogen-bond acceptors (Lipinski definition) is 13. The average Bonchev–Trinajstić information content (AvgIpc) is 3.31. The van der Waals surface area contributed by atoms with Crippen molar-refractivity contribution < 1.29 is 44.8 Å². The Hall–Kier alpha value is -3.16. The number of aromatic amines is 2. The normalized spacial score (nSPS) is 31.1. The van der Waals surface area contributed by atoms with E-state index < -0.39 is 84.7 Å². The van der Waals surface area contributed by atoms with E-state index >= 15 is 0 Å². The second kappa shape index (κ2) is 11.5. The van der Waals surface area contributed by atoms with Crippen LogP contribution in [0.3, 0.4) is 0 Å². The van der Waals surface area contributed by atoms with Gasteiger partial charge in [-0.25, -0.2) is 9.59 Å². The van der Waals surface area contributed by atoms with Crippen LogP contribution in [-0.2, 0) is 16.5 Å². The summed E-state index contributed by atoms with van der Waals surface area (Å²) in [6.07, 6.45) is -7.31. The molecule has 37 heavy (non-hydrogen) atoms. The van der Waals surface area contributed by atoms with E-state index in [-0.39, 0.29) is 11.3 Å². The molecule has 0 aliphatic carbocycles. The highest BCUT2D eigenvalue weighted by Crippen LogP contribution is 2.31. The van der Waals surface area contributed by atoms with E-state index in [4.69, 9.17) is 24.4 Å². The van der Waals surface area contributed by atoms with E-state index in [0.717, 1.165) is 15.3 Å². The Kier molecular flexibility index (Phi) is 8.82. The minimum Gasteiger partial charge on any atom is -0.490 e. The van der Waals surface area contributed by atoms with Crippen molar-refractivity contribution in [3.05, 3.63) is 59.6 Å². The lowest BCUT2D eigenvalue weighted by molar-refractivity contribution is -0.0552. The molecule has 0 spiro atoms. The SMILES string of the molecule is COc1cn([C@@H]2O[C@H](CO)[C@@H](O)[C@H]2O)c(=O)[nH]c1=O.Cn1cc([C@@H]2O[C@H](CO)[C@@H](O)[C@H]2O)c(=O)[nH]c1=O. The van der Waals surface area contributed by atoms with Crippen LogP contribution in [0.25, 0.3) is 0 Å². The minimum absolute atomic E-state index is 0.0274. The van der Waals surface area contributed by atoms with Crippen LogP contribution in [0.2, 0.25) is 0 Å². The number of aryl methyl sites for hydroxylation is 1. The summed E-state index contributed by atoms with van der Waals surface area (Å²) in [7, 11) is 2.68. The Balaban J connectivity index is 0.000000206. The third-order valence-electron chi connectivity index (χ3n) is 5.93. The lowest BCUT2D eigenvalue weighted by atomic mass is 10.0. The standard InChI is InChI=1S/C10H14N2O7.C10H14N2O6/c1-18-4-2-12(10(17)11-8(4)16)9-7(15)6(14)5(3-13)19-9;1-12-2-4(9(16)11-10(12)17)8-7(15)6(14)5(3-13)18-8/h2,5-7,9,13-15H,3H2,1H3,(H,11,16,17);2,5-8,13-15H,3H2,1H3,(H,11,16,17)/t5-,6-,7-,9-;5-,6-,7-,8+/m11/s1. The highest BCUT2D eigenvalue weighted by atomic mass is 16.6. The first kappa shape index (κ1) is 28.4. The molecule has 0 bridgehead atoms. The summed E-state index contributed by atoms with van der Waals surface area (Å²) in [4.78, 5) is 49.9. The molecule has 0 aromatic carbocycles. The number of nitrogens with one attached hydrogen (secondary N) is 2. The summed E-state index contributed by atoms with van der Waals surface area (Å²) in [5, 5.41) is 56.7. The summed E-state index contributed by atoms with van der Waals surface area (Å²) in [6.45, 7) is -0.984. The van der Waals surface area contributed by atoms with E-state index in [1.54, 1.807) is 0 Å². The molecule has 4 rings (SSSR count). The summed E-state index contributed by atoms with van der Waals surface area (Å²) >= 11 is 0. The number of rotatable bonds is 5. The fourth-order valence-electron chi connectivity index (χ4n) is 3.85. The minimum atomic E-state index is -1.41. The second-order valence-corrected chi connectivity index (χ2v) is 8.31. The molecule has 0 unspecified atom stereocenters. The molecule has 4 heterocycles. The van der Waals surface area contributed by atoms with Crippen molar-refractivity contribution in [2.75, 3.05) is 20.3 Å². The first-order valence-electron chi connectivity index (χ1n) is 10.9. The zero-order chi connectivity index (χ0) is 27.6. The maximum atomic E-state index is 11.7. The summed E-state index contributed by atoms with van der Waals surface area (Å²) in [6, 6.07) is 0. The molecule has 206 valence electrons. The van der Waals surface area contributed by atoms with Gasteiger partial charge in [0.25, 0.3) is 11.1 Å². The van der Waals surface area contributed by atoms with Gasteiger partial charge in [0, 0.05) is 13.2 Å². The molecule has 0 saturated carbocycles. The molecular formula is C20H28N4O13. The topological polar surface area (TPSA) is 259 Å². The van der Waals surface area contributed by atoms with E-state index in [0.29, 0.717) is 0 Å². The van der Waals surface area contributed by atoms with Gasteiger partial charge in [-0.3, -0.25) is 24.1 Å². The van der Waals surface area contributed by atoms with Gasteiger partial charge >= 0.3 is 11.4 Å². The zero-order valence-electron chi connectivity index (χ0n) is 19.6. The Morgan fingerprint density at radius 2 is 1.41 bits per heavy atom. The summed E-state index contributed by atoms with van der Waals surface area (Å²) < 4.78 is 17.2. The summed E-state index contributed by atoms with van der Waals surface area (Å²) in [5.41, 5.74) is -2.78. The molecule has 2 saturated heterocycles. The van der Waals surface area contributed by atoms with Crippen LogP contribution in [0.4, 0.5) is 0 Å². The predicted octanol–water partition coefficient (Wildman–Crippen LogP) is -5.62. The quantitative estimate of drug-likeness (QED) is 0.179. The van der Waals surface area contributed by atoms with Crippen LogP contribution in [0, 0.1) is 0 Å². The van der Waals surface area contributed by atoms with Crippen molar-refractivity contribution in [2.45, 2.75) is 49.0 Å². The number of methoxy groups -OCH3 is 1. The van der Waals surface area contributed by atoms with Gasteiger partial charge in [-0.1, -0.05) is 0 Å². The van der Waals surface area contributed by atoms with Gasteiger partial charge in [-0.15, -0.1) is 0 Å². The van der Waals surface area contributed by atoms with Crippen LogP contribution in [0.15, 0.2) is 31.6 Å². The van der Waals surface area contributed by atoms with Crippen molar-refractivity contribution in [1.29, 1.82) is 0 Å². The molecule has 17 heteroatoms. The molecule has 2 aliphatic heterocycles. The van der Waals surface area contributed by atoms with Crippen molar-refractivity contribution in [2.24, 2.45) is 7.05 Å². The third kappa shape index (κ3) is 5.58. The molecule has 17 nitrogen and oxygen atoms in total. The first-order chi connectivity index (χ1) is 17.4. The van der Waals surface area contributed by atoms with Crippen LogP contribution in [0.1, 0.15) is 17.9 Å². The number of aliphatic hydroxyl groups is 6. The number of aliphatic hydroxyl groups excluding tert-OH is 6. The highest BCUT2D eigenvalue weighted by Gasteiger charge is 2.45. The van der Waals surface area contributed by atoms with E-state index in [1.165, 1.54) is 20.4 Å². The summed E-state index contributed by atoms with van der Waals surface area (Å²) in [5.74, 6) is -0.141. The van der Waals surface area contributed by atoms with E-state index in [1.807, 2.05) is 4.98 Å². The fraction of sp³-hybridized carbons (Fsp3) is 0.600. The monoisotopic (exact) mass is 532 g/mol. The lowest BCUT2D eigenvalue weighted by Crippen LogP contribution is -2.38. The zero-order valence-corrected chi connectivity index (χ0v) is 19.6. The largest absolute Gasteiger partial charge is 0.490 e.